The van der Waals surface area contributed by atoms with Gasteiger partial charge in [0.15, 0.2) is 0 Å². The second-order valence-corrected chi connectivity index (χ2v) is 4.31. The van der Waals surface area contributed by atoms with Crippen molar-refractivity contribution in [3.05, 3.63) is 36.4 Å². The predicted molar refractivity (Wildman–Crippen MR) is 70.4 cm³/mol. The number of hydrogen-bond acceptors (Lipinski definition) is 3. The van der Waals surface area contributed by atoms with Crippen LogP contribution < -0.4 is 9.47 Å². The Morgan fingerprint density at radius 1 is 1.06 bits per heavy atom. The molecule has 3 heteroatoms. The molecule has 0 saturated carbocycles. The average Bonchev–Trinajstić information content (AvgIpc) is 3.22. The third-order valence-electron chi connectivity index (χ3n) is 2.97. The van der Waals surface area contributed by atoms with Crippen molar-refractivity contribution in [2.45, 2.75) is 13.0 Å². The molecule has 0 bridgehead atoms. The van der Waals surface area contributed by atoms with Gasteiger partial charge in [-0.1, -0.05) is 24.3 Å². The molecule has 94 valence electrons. The molecule has 3 nitrogen and oxygen atoms in total. The van der Waals surface area contributed by atoms with Crippen LogP contribution >= 0.6 is 0 Å². The largest absolute Gasteiger partial charge is 0.493 e. The van der Waals surface area contributed by atoms with E-state index in [1.54, 1.807) is 0 Å². The van der Waals surface area contributed by atoms with Gasteiger partial charge >= 0.3 is 0 Å². The number of hydrogen-bond donors (Lipinski definition) is 0. The molecular weight excluding hydrogens is 228 g/mol. The first-order chi connectivity index (χ1) is 8.88. The van der Waals surface area contributed by atoms with Gasteiger partial charge in [-0.25, -0.2) is 0 Å². The lowest BCUT2D eigenvalue weighted by molar-refractivity contribution is 0.265. The van der Waals surface area contributed by atoms with Crippen LogP contribution in [0.15, 0.2) is 36.4 Å². The molecule has 2 aromatic carbocycles. The Labute approximate surface area is 106 Å². The Balaban J connectivity index is 1.95. The van der Waals surface area contributed by atoms with E-state index in [2.05, 4.69) is 12.1 Å². The molecule has 0 aliphatic carbocycles. The van der Waals surface area contributed by atoms with Crippen molar-refractivity contribution in [3.8, 4) is 11.5 Å². The normalized spacial score (nSPS) is 17.7. The van der Waals surface area contributed by atoms with E-state index in [0.717, 1.165) is 28.9 Å². The van der Waals surface area contributed by atoms with Crippen molar-refractivity contribution < 1.29 is 14.2 Å². The molecule has 18 heavy (non-hydrogen) atoms. The zero-order valence-electron chi connectivity index (χ0n) is 10.4. The minimum atomic E-state index is 0.273. The SMILES string of the molecule is CCOc1ccc(OCC2CO2)c2ccccc12. The molecular formula is C15H16O3. The maximum atomic E-state index is 5.80. The van der Waals surface area contributed by atoms with Gasteiger partial charge in [0.2, 0.25) is 0 Å². The fourth-order valence-electron chi connectivity index (χ4n) is 2.00. The first-order valence-corrected chi connectivity index (χ1v) is 6.27. The van der Waals surface area contributed by atoms with Crippen molar-refractivity contribution in [1.82, 2.24) is 0 Å². The molecule has 1 aliphatic heterocycles. The van der Waals surface area contributed by atoms with Crippen LogP contribution in [0.25, 0.3) is 10.8 Å². The summed E-state index contributed by atoms with van der Waals surface area (Å²) in [5, 5.41) is 2.18. The van der Waals surface area contributed by atoms with E-state index >= 15 is 0 Å². The molecule has 3 rings (SSSR count). The van der Waals surface area contributed by atoms with Crippen LogP contribution in [0.3, 0.4) is 0 Å². The first-order valence-electron chi connectivity index (χ1n) is 6.27. The second-order valence-electron chi connectivity index (χ2n) is 4.31. The van der Waals surface area contributed by atoms with Crippen LogP contribution in [0.2, 0.25) is 0 Å². The topological polar surface area (TPSA) is 31.0 Å². The van der Waals surface area contributed by atoms with Crippen LogP contribution in [0, 0.1) is 0 Å². The number of ether oxygens (including phenoxy) is 3. The summed E-state index contributed by atoms with van der Waals surface area (Å²) in [4.78, 5) is 0. The Bertz CT molecular complexity index is 546. The highest BCUT2D eigenvalue weighted by atomic mass is 16.6. The van der Waals surface area contributed by atoms with E-state index in [9.17, 15) is 0 Å². The highest BCUT2D eigenvalue weighted by Gasteiger charge is 2.23. The maximum absolute atomic E-state index is 5.80. The van der Waals surface area contributed by atoms with Crippen molar-refractivity contribution in [1.29, 1.82) is 0 Å². The molecule has 1 saturated heterocycles. The smallest absolute Gasteiger partial charge is 0.127 e. The van der Waals surface area contributed by atoms with Crippen molar-refractivity contribution in [2.75, 3.05) is 19.8 Å². The van der Waals surface area contributed by atoms with Gasteiger partial charge in [-0.3, -0.25) is 0 Å². The van der Waals surface area contributed by atoms with Gasteiger partial charge in [0.1, 0.15) is 24.2 Å². The van der Waals surface area contributed by atoms with E-state index < -0.39 is 0 Å². The second kappa shape index (κ2) is 4.86. The molecule has 1 atom stereocenters. The Morgan fingerprint density at radius 3 is 2.22 bits per heavy atom. The van der Waals surface area contributed by atoms with Crippen LogP contribution in [0.4, 0.5) is 0 Å². The molecule has 1 heterocycles. The van der Waals surface area contributed by atoms with Gasteiger partial charge < -0.3 is 14.2 Å². The fourth-order valence-corrected chi connectivity index (χ4v) is 2.00. The summed E-state index contributed by atoms with van der Waals surface area (Å²) in [7, 11) is 0. The highest BCUT2D eigenvalue weighted by molar-refractivity contribution is 5.93. The lowest BCUT2D eigenvalue weighted by Gasteiger charge is -2.12. The van der Waals surface area contributed by atoms with Crippen LogP contribution in [0.5, 0.6) is 11.5 Å². The van der Waals surface area contributed by atoms with E-state index in [4.69, 9.17) is 14.2 Å². The van der Waals surface area contributed by atoms with Crippen LogP contribution in [0.1, 0.15) is 6.92 Å². The summed E-state index contributed by atoms with van der Waals surface area (Å²) in [5.74, 6) is 1.80. The van der Waals surface area contributed by atoms with Gasteiger partial charge in [0.25, 0.3) is 0 Å². The minimum absolute atomic E-state index is 0.273. The Hall–Kier alpha value is -1.74. The zero-order valence-corrected chi connectivity index (χ0v) is 10.4. The van der Waals surface area contributed by atoms with E-state index in [0.29, 0.717) is 13.2 Å². The Morgan fingerprint density at radius 2 is 1.67 bits per heavy atom. The van der Waals surface area contributed by atoms with E-state index in [-0.39, 0.29) is 6.10 Å². The lowest BCUT2D eigenvalue weighted by atomic mass is 10.1. The average molecular weight is 244 g/mol. The molecule has 0 aromatic heterocycles. The lowest BCUT2D eigenvalue weighted by Crippen LogP contribution is -2.04. The third-order valence-corrected chi connectivity index (χ3v) is 2.97. The summed E-state index contributed by atoms with van der Waals surface area (Å²) in [6, 6.07) is 12.1. The van der Waals surface area contributed by atoms with Gasteiger partial charge in [-0.2, -0.15) is 0 Å². The monoisotopic (exact) mass is 244 g/mol. The Kier molecular flexibility index (Phi) is 3.07. The zero-order chi connectivity index (χ0) is 12.4. The van der Waals surface area contributed by atoms with Crippen LogP contribution in [-0.4, -0.2) is 25.9 Å². The van der Waals surface area contributed by atoms with Gasteiger partial charge in [0.05, 0.1) is 13.2 Å². The summed E-state index contributed by atoms with van der Waals surface area (Å²) >= 11 is 0. The molecule has 2 aromatic rings. The number of rotatable bonds is 5. The molecule has 0 amide bonds. The van der Waals surface area contributed by atoms with Gasteiger partial charge in [0, 0.05) is 10.8 Å². The molecule has 0 spiro atoms. The predicted octanol–water partition coefficient (Wildman–Crippen LogP) is 3.02. The molecule has 1 aliphatic rings. The molecule has 1 unspecified atom stereocenters. The first kappa shape index (κ1) is 11.4. The van der Waals surface area contributed by atoms with Crippen molar-refractivity contribution in [3.63, 3.8) is 0 Å². The summed E-state index contributed by atoms with van der Waals surface area (Å²) < 4.78 is 16.6. The summed E-state index contributed by atoms with van der Waals surface area (Å²) in [6.07, 6.45) is 0.273. The van der Waals surface area contributed by atoms with Crippen LogP contribution in [-0.2, 0) is 4.74 Å². The standard InChI is InChI=1S/C15H16O3/c1-2-16-14-7-8-15(18-10-11-9-17-11)13-6-4-3-5-12(13)14/h3-8,11H,2,9-10H2,1H3. The summed E-state index contributed by atoms with van der Waals surface area (Å²) in [6.45, 7) is 4.09. The quantitative estimate of drug-likeness (QED) is 0.757. The molecule has 1 fully saturated rings. The summed E-state index contributed by atoms with van der Waals surface area (Å²) in [5.41, 5.74) is 0. The maximum Gasteiger partial charge on any atom is 0.127 e. The molecule has 0 radical (unpaired) electrons. The van der Waals surface area contributed by atoms with E-state index in [1.807, 2.05) is 31.2 Å². The number of epoxide rings is 1. The minimum Gasteiger partial charge on any atom is -0.493 e. The number of fused-ring (bicyclic) bond motifs is 1. The molecule has 0 N–H and O–H groups in total. The van der Waals surface area contributed by atoms with E-state index in [1.165, 1.54) is 0 Å². The van der Waals surface area contributed by atoms with Gasteiger partial charge in [-0.05, 0) is 19.1 Å². The van der Waals surface area contributed by atoms with Crippen molar-refractivity contribution in [2.24, 2.45) is 0 Å². The van der Waals surface area contributed by atoms with Gasteiger partial charge in [-0.15, -0.1) is 0 Å². The fraction of sp³-hybridized carbons (Fsp3) is 0.333. The number of benzene rings is 2. The highest BCUT2D eigenvalue weighted by Crippen LogP contribution is 2.33. The van der Waals surface area contributed by atoms with Crippen molar-refractivity contribution >= 4 is 10.8 Å². The third kappa shape index (κ3) is 2.27.